The lowest BCUT2D eigenvalue weighted by molar-refractivity contribution is -0.131. The molecule has 2 saturated heterocycles. The Balaban J connectivity index is 1.21. The Morgan fingerprint density at radius 2 is 1.68 bits per heavy atom. The van der Waals surface area contributed by atoms with Crippen molar-refractivity contribution in [3.63, 3.8) is 0 Å². The van der Waals surface area contributed by atoms with Gasteiger partial charge >= 0.3 is 12.1 Å². The van der Waals surface area contributed by atoms with Gasteiger partial charge in [-0.15, -0.1) is 0 Å². The summed E-state index contributed by atoms with van der Waals surface area (Å²) in [5, 5.41) is 13.0. The number of amides is 4. The molecule has 2 aliphatic rings. The molecule has 50 heavy (non-hydrogen) atoms. The van der Waals surface area contributed by atoms with E-state index in [1.54, 1.807) is 12.3 Å². The van der Waals surface area contributed by atoms with E-state index in [1.807, 2.05) is 69.4 Å². The maximum absolute atomic E-state index is 13.6. The summed E-state index contributed by atoms with van der Waals surface area (Å²) >= 11 is 0. The third-order valence-corrected chi connectivity index (χ3v) is 8.77. The number of urea groups is 1. The number of hydrogen-bond acceptors (Lipinski definition) is 9. The third kappa shape index (κ3) is 8.12. The Morgan fingerprint density at radius 1 is 0.960 bits per heavy atom. The van der Waals surface area contributed by atoms with Gasteiger partial charge in [0.05, 0.1) is 61.2 Å². The molecule has 13 heteroatoms. The Kier molecular flexibility index (Phi) is 10.4. The van der Waals surface area contributed by atoms with Crippen LogP contribution in [-0.2, 0) is 26.2 Å². The van der Waals surface area contributed by atoms with Crippen molar-refractivity contribution < 1.29 is 28.6 Å². The predicted octanol–water partition coefficient (Wildman–Crippen LogP) is 5.91. The first-order chi connectivity index (χ1) is 24.1. The molecule has 6 rings (SSSR count). The van der Waals surface area contributed by atoms with Gasteiger partial charge in [0.2, 0.25) is 0 Å². The number of nitrogens with one attached hydrogen (secondary N) is 4. The van der Waals surface area contributed by atoms with Crippen molar-refractivity contribution in [1.82, 2.24) is 20.2 Å². The highest BCUT2D eigenvalue weighted by Crippen LogP contribution is 2.39. The first kappa shape index (κ1) is 34.6. The molecule has 262 valence electrons. The summed E-state index contributed by atoms with van der Waals surface area (Å²) in [6, 6.07) is 14.6. The second-order valence-electron chi connectivity index (χ2n) is 13.4. The fourth-order valence-corrected chi connectivity index (χ4v) is 6.06. The molecule has 4 amide bonds. The van der Waals surface area contributed by atoms with Crippen LogP contribution in [0.5, 0.6) is 5.75 Å². The second-order valence-corrected chi connectivity index (χ2v) is 13.4. The Bertz CT molecular complexity index is 1870. The van der Waals surface area contributed by atoms with Gasteiger partial charge in [0.1, 0.15) is 0 Å². The van der Waals surface area contributed by atoms with Gasteiger partial charge < -0.3 is 30.2 Å². The highest BCUT2D eigenvalue weighted by Gasteiger charge is 2.27. The number of ether oxygens (including phenoxy) is 3. The lowest BCUT2D eigenvalue weighted by Gasteiger charge is -2.26. The summed E-state index contributed by atoms with van der Waals surface area (Å²) in [6.45, 7) is 10.5. The van der Waals surface area contributed by atoms with Crippen LogP contribution in [0.1, 0.15) is 44.9 Å². The van der Waals surface area contributed by atoms with Crippen molar-refractivity contribution in [2.45, 2.75) is 51.7 Å². The van der Waals surface area contributed by atoms with Gasteiger partial charge in [-0.3, -0.25) is 25.0 Å². The van der Waals surface area contributed by atoms with Crippen LogP contribution in [0.3, 0.4) is 0 Å². The van der Waals surface area contributed by atoms with Crippen molar-refractivity contribution >= 4 is 45.9 Å². The molecule has 3 heterocycles. The molecule has 1 aromatic heterocycles. The van der Waals surface area contributed by atoms with Crippen LogP contribution in [0.2, 0.25) is 0 Å². The number of carbonyl (C=O) groups is 3. The summed E-state index contributed by atoms with van der Waals surface area (Å²) in [5.41, 5.74) is 4.23. The van der Waals surface area contributed by atoms with E-state index in [4.69, 9.17) is 19.2 Å². The molecule has 0 bridgehead atoms. The smallest absolute Gasteiger partial charge is 0.412 e. The number of rotatable bonds is 8. The average molecular weight is 682 g/mol. The minimum absolute atomic E-state index is 0.231. The van der Waals surface area contributed by atoms with Gasteiger partial charge in [0.25, 0.3) is 5.91 Å². The minimum Gasteiger partial charge on any atom is -0.492 e. The van der Waals surface area contributed by atoms with E-state index in [0.717, 1.165) is 66.1 Å². The van der Waals surface area contributed by atoms with Crippen LogP contribution in [0.4, 0.5) is 26.7 Å². The number of benzene rings is 3. The molecular weight excluding hydrogens is 638 g/mol. The van der Waals surface area contributed by atoms with Gasteiger partial charge in [-0.05, 0) is 47.4 Å². The van der Waals surface area contributed by atoms with E-state index >= 15 is 0 Å². The summed E-state index contributed by atoms with van der Waals surface area (Å²) in [5.74, 6) is -0.0965. The maximum atomic E-state index is 13.6. The number of carbonyl (C=O) groups excluding carboxylic acids is 3. The first-order valence-corrected chi connectivity index (χ1v) is 16.8. The molecule has 4 aromatic rings. The molecule has 4 N–H and O–H groups in total. The largest absolute Gasteiger partial charge is 0.492 e. The standard InChI is InChI=1S/C37H43N7O6/c1-37(2,3)23-18-29(33(48-4)30(19-23)43-36(47)50-32-10-7-13-38-34(32)45)42-35(46)41-28-12-11-27(25-8-5-6-9-26(25)28)31-21-39-24(20-40-31)22-44-14-16-49-17-15-44/h5-6,8-9,11-12,18-21,32H,7,10,13-17,22H2,1-4H3,(H,38,45)(H,43,47)(H2,41,42,46). The van der Waals surface area contributed by atoms with E-state index in [-0.39, 0.29) is 17.1 Å². The summed E-state index contributed by atoms with van der Waals surface area (Å²) in [6.07, 6.45) is 3.08. The van der Waals surface area contributed by atoms with Crippen LogP contribution >= 0.6 is 0 Å². The Hall–Kier alpha value is -5.27. The fraction of sp³-hybridized carbons (Fsp3) is 0.378. The average Bonchev–Trinajstić information content (AvgIpc) is 3.10. The number of aromatic nitrogens is 2. The zero-order valence-corrected chi connectivity index (χ0v) is 28.8. The topological polar surface area (TPSA) is 156 Å². The molecule has 0 spiro atoms. The molecular formula is C37H43N7O6. The van der Waals surface area contributed by atoms with Crippen molar-refractivity contribution in [2.24, 2.45) is 0 Å². The quantitative estimate of drug-likeness (QED) is 0.178. The third-order valence-electron chi connectivity index (χ3n) is 8.77. The van der Waals surface area contributed by atoms with Crippen LogP contribution in [0, 0.1) is 0 Å². The number of morpholine rings is 1. The molecule has 3 aromatic carbocycles. The van der Waals surface area contributed by atoms with Gasteiger partial charge in [-0.1, -0.05) is 51.1 Å². The van der Waals surface area contributed by atoms with E-state index in [1.165, 1.54) is 7.11 Å². The summed E-state index contributed by atoms with van der Waals surface area (Å²) in [4.78, 5) is 50.3. The normalized spacial score (nSPS) is 16.7. The Labute approximate surface area is 291 Å². The molecule has 1 atom stereocenters. The highest BCUT2D eigenvalue weighted by molar-refractivity contribution is 6.10. The summed E-state index contributed by atoms with van der Waals surface area (Å²) in [7, 11) is 1.45. The molecule has 0 aliphatic carbocycles. The maximum Gasteiger partial charge on any atom is 0.412 e. The van der Waals surface area contributed by atoms with Gasteiger partial charge in [-0.25, -0.2) is 9.59 Å². The van der Waals surface area contributed by atoms with E-state index in [2.05, 4.69) is 31.2 Å². The van der Waals surface area contributed by atoms with Crippen molar-refractivity contribution in [3.05, 3.63) is 72.2 Å². The van der Waals surface area contributed by atoms with Crippen LogP contribution in [0.25, 0.3) is 22.0 Å². The van der Waals surface area contributed by atoms with E-state index < -0.39 is 18.2 Å². The monoisotopic (exact) mass is 681 g/mol. The summed E-state index contributed by atoms with van der Waals surface area (Å²) < 4.78 is 16.5. The highest BCUT2D eigenvalue weighted by atomic mass is 16.6. The minimum atomic E-state index is -0.878. The SMILES string of the molecule is COc1c(NC(=O)Nc2ccc(-c3cnc(CN4CCOCC4)cn3)c3ccccc23)cc(C(C)(C)C)cc1NC(=O)OC1CCCNC1=O. The number of nitrogens with zero attached hydrogens (tertiary/aromatic N) is 3. The van der Waals surface area contributed by atoms with E-state index in [9.17, 15) is 14.4 Å². The lowest BCUT2D eigenvalue weighted by atomic mass is 9.86. The zero-order valence-electron chi connectivity index (χ0n) is 28.8. The molecule has 0 saturated carbocycles. The van der Waals surface area contributed by atoms with Crippen molar-refractivity contribution in [1.29, 1.82) is 0 Å². The first-order valence-electron chi connectivity index (χ1n) is 16.8. The van der Waals surface area contributed by atoms with Crippen molar-refractivity contribution in [3.8, 4) is 17.0 Å². The van der Waals surface area contributed by atoms with Crippen LogP contribution in [-0.4, -0.2) is 79.0 Å². The number of hydrogen-bond donors (Lipinski definition) is 4. The van der Waals surface area contributed by atoms with E-state index in [0.29, 0.717) is 36.4 Å². The molecule has 2 aliphatic heterocycles. The van der Waals surface area contributed by atoms with Crippen LogP contribution in [0.15, 0.2) is 60.9 Å². The fourth-order valence-electron chi connectivity index (χ4n) is 6.06. The van der Waals surface area contributed by atoms with Crippen molar-refractivity contribution in [2.75, 3.05) is 55.9 Å². The predicted molar refractivity (Wildman–Crippen MR) is 192 cm³/mol. The number of piperidine rings is 1. The zero-order chi connectivity index (χ0) is 35.3. The second kappa shape index (κ2) is 15.1. The molecule has 1 unspecified atom stereocenters. The number of fused-ring (bicyclic) bond motifs is 1. The number of methoxy groups -OCH3 is 1. The number of anilines is 3. The van der Waals surface area contributed by atoms with Crippen LogP contribution < -0.4 is 26.0 Å². The lowest BCUT2D eigenvalue weighted by Crippen LogP contribution is -2.43. The van der Waals surface area contributed by atoms with Gasteiger partial charge in [-0.2, -0.15) is 0 Å². The molecule has 13 nitrogen and oxygen atoms in total. The van der Waals surface area contributed by atoms with Gasteiger partial charge in [0.15, 0.2) is 11.9 Å². The molecule has 2 fully saturated rings. The Morgan fingerprint density at radius 3 is 2.36 bits per heavy atom. The molecule has 0 radical (unpaired) electrons. The van der Waals surface area contributed by atoms with Gasteiger partial charge in [0, 0.05) is 37.1 Å².